The summed E-state index contributed by atoms with van der Waals surface area (Å²) < 4.78 is 5.91. The van der Waals surface area contributed by atoms with E-state index in [4.69, 9.17) is 4.42 Å². The van der Waals surface area contributed by atoms with Gasteiger partial charge in [0.2, 0.25) is 0 Å². The molecule has 0 atom stereocenters. The lowest BCUT2D eigenvalue weighted by molar-refractivity contribution is 0.161. The minimum Gasteiger partial charge on any atom is -0.465 e. The summed E-state index contributed by atoms with van der Waals surface area (Å²) in [7, 11) is 0. The Morgan fingerprint density at radius 1 is 1.30 bits per heavy atom. The molecule has 1 aliphatic heterocycles. The molecule has 0 bridgehead atoms. The van der Waals surface area contributed by atoms with Crippen molar-refractivity contribution in [3.8, 4) is 0 Å². The van der Waals surface area contributed by atoms with E-state index >= 15 is 0 Å². The molecule has 1 N–H and O–H groups in total. The van der Waals surface area contributed by atoms with Crippen LogP contribution in [-0.4, -0.2) is 24.5 Å². The molecule has 1 aliphatic rings. The van der Waals surface area contributed by atoms with Gasteiger partial charge in [-0.15, -0.1) is 0 Å². The maximum absolute atomic E-state index is 5.91. The summed E-state index contributed by atoms with van der Waals surface area (Å²) in [5, 5.41) is 3.37. The van der Waals surface area contributed by atoms with Crippen molar-refractivity contribution < 1.29 is 4.42 Å². The van der Waals surface area contributed by atoms with Gasteiger partial charge in [-0.05, 0) is 51.4 Å². The zero-order valence-corrected chi connectivity index (χ0v) is 13.4. The Balaban J connectivity index is 1.82. The molecule has 1 saturated heterocycles. The zero-order chi connectivity index (χ0) is 14.4. The van der Waals surface area contributed by atoms with Crippen molar-refractivity contribution in [3.63, 3.8) is 0 Å². The fraction of sp³-hybridized carbons (Fsp3) is 0.765. The Morgan fingerprint density at radius 3 is 2.70 bits per heavy atom. The average molecular weight is 278 g/mol. The Hall–Kier alpha value is -0.800. The molecule has 0 aromatic carbocycles. The first kappa shape index (κ1) is 15.6. The van der Waals surface area contributed by atoms with E-state index in [0.29, 0.717) is 0 Å². The third-order valence-corrected chi connectivity index (χ3v) is 4.42. The number of likely N-dealkylation sites (tertiary alicyclic amines) is 1. The molecule has 0 unspecified atom stereocenters. The third kappa shape index (κ3) is 4.35. The van der Waals surface area contributed by atoms with Gasteiger partial charge in [0.15, 0.2) is 0 Å². The SMILES string of the molecule is CCCC1CCN(Cc2cc(CNCC)c(C)o2)CC1. The van der Waals surface area contributed by atoms with Gasteiger partial charge in [0.25, 0.3) is 0 Å². The molecular weight excluding hydrogens is 248 g/mol. The predicted molar refractivity (Wildman–Crippen MR) is 83.7 cm³/mol. The van der Waals surface area contributed by atoms with Crippen LogP contribution >= 0.6 is 0 Å². The number of rotatable bonds is 7. The highest BCUT2D eigenvalue weighted by molar-refractivity contribution is 5.20. The fourth-order valence-corrected chi connectivity index (χ4v) is 3.16. The van der Waals surface area contributed by atoms with E-state index in [-0.39, 0.29) is 0 Å². The Kier molecular flexibility index (Phi) is 6.11. The molecule has 2 heterocycles. The lowest BCUT2D eigenvalue weighted by Gasteiger charge is -2.31. The second-order valence-electron chi connectivity index (χ2n) is 6.08. The van der Waals surface area contributed by atoms with E-state index in [0.717, 1.165) is 37.1 Å². The molecule has 1 fully saturated rings. The molecule has 0 amide bonds. The van der Waals surface area contributed by atoms with Gasteiger partial charge in [0, 0.05) is 12.1 Å². The van der Waals surface area contributed by atoms with Crippen molar-refractivity contribution in [2.75, 3.05) is 19.6 Å². The molecule has 3 heteroatoms. The van der Waals surface area contributed by atoms with Gasteiger partial charge in [-0.1, -0.05) is 26.7 Å². The summed E-state index contributed by atoms with van der Waals surface area (Å²) in [6.07, 6.45) is 5.45. The number of hydrogen-bond donors (Lipinski definition) is 1. The lowest BCUT2D eigenvalue weighted by atomic mass is 9.92. The van der Waals surface area contributed by atoms with E-state index < -0.39 is 0 Å². The Labute approximate surface area is 123 Å². The molecule has 0 saturated carbocycles. The van der Waals surface area contributed by atoms with Crippen molar-refractivity contribution >= 4 is 0 Å². The smallest absolute Gasteiger partial charge is 0.118 e. The molecule has 1 aromatic rings. The van der Waals surface area contributed by atoms with Crippen LogP contribution in [0, 0.1) is 12.8 Å². The van der Waals surface area contributed by atoms with Crippen molar-refractivity contribution in [3.05, 3.63) is 23.2 Å². The predicted octanol–water partition coefficient (Wildman–Crippen LogP) is 3.71. The molecule has 0 radical (unpaired) electrons. The first-order chi connectivity index (χ1) is 9.72. The van der Waals surface area contributed by atoms with E-state index in [1.807, 2.05) is 0 Å². The van der Waals surface area contributed by atoms with E-state index in [2.05, 4.69) is 37.1 Å². The van der Waals surface area contributed by atoms with Gasteiger partial charge >= 0.3 is 0 Å². The third-order valence-electron chi connectivity index (χ3n) is 4.42. The normalized spacial score (nSPS) is 17.8. The maximum Gasteiger partial charge on any atom is 0.118 e. The minimum absolute atomic E-state index is 0.921. The van der Waals surface area contributed by atoms with Gasteiger partial charge in [0.1, 0.15) is 11.5 Å². The second kappa shape index (κ2) is 7.84. The zero-order valence-electron chi connectivity index (χ0n) is 13.4. The summed E-state index contributed by atoms with van der Waals surface area (Å²) >= 11 is 0. The number of hydrogen-bond acceptors (Lipinski definition) is 3. The number of aryl methyl sites for hydroxylation is 1. The van der Waals surface area contributed by atoms with Gasteiger partial charge in [-0.3, -0.25) is 4.90 Å². The van der Waals surface area contributed by atoms with Crippen molar-refractivity contribution in [1.82, 2.24) is 10.2 Å². The molecule has 114 valence electrons. The van der Waals surface area contributed by atoms with Gasteiger partial charge < -0.3 is 9.73 Å². The van der Waals surface area contributed by atoms with Gasteiger partial charge in [-0.25, -0.2) is 0 Å². The summed E-state index contributed by atoms with van der Waals surface area (Å²) in [5.41, 5.74) is 1.31. The largest absolute Gasteiger partial charge is 0.465 e. The van der Waals surface area contributed by atoms with E-state index in [9.17, 15) is 0 Å². The monoisotopic (exact) mass is 278 g/mol. The fourth-order valence-electron chi connectivity index (χ4n) is 3.16. The molecule has 1 aromatic heterocycles. The van der Waals surface area contributed by atoms with E-state index in [1.54, 1.807) is 0 Å². The molecule has 0 aliphatic carbocycles. The van der Waals surface area contributed by atoms with Crippen LogP contribution in [0.1, 0.15) is 56.6 Å². The number of piperidine rings is 1. The standard InChI is InChI=1S/C17H30N2O/c1-4-6-15-7-9-19(10-8-15)13-17-11-16(12-18-5-2)14(3)20-17/h11,15,18H,4-10,12-13H2,1-3H3. The first-order valence-corrected chi connectivity index (χ1v) is 8.24. The van der Waals surface area contributed by atoms with E-state index in [1.165, 1.54) is 44.3 Å². The second-order valence-corrected chi connectivity index (χ2v) is 6.08. The first-order valence-electron chi connectivity index (χ1n) is 8.24. The highest BCUT2D eigenvalue weighted by Gasteiger charge is 2.19. The Bertz CT molecular complexity index is 392. The van der Waals surface area contributed by atoms with Gasteiger partial charge in [0.05, 0.1) is 6.54 Å². The Morgan fingerprint density at radius 2 is 2.05 bits per heavy atom. The molecule has 3 nitrogen and oxygen atoms in total. The van der Waals surface area contributed by atoms with Crippen molar-refractivity contribution in [2.24, 2.45) is 5.92 Å². The number of nitrogens with one attached hydrogen (secondary N) is 1. The maximum atomic E-state index is 5.91. The van der Waals surface area contributed by atoms with Crippen LogP contribution in [0.25, 0.3) is 0 Å². The molecule has 0 spiro atoms. The van der Waals surface area contributed by atoms with Crippen LogP contribution < -0.4 is 5.32 Å². The van der Waals surface area contributed by atoms with Crippen LogP contribution in [0.15, 0.2) is 10.5 Å². The van der Waals surface area contributed by atoms with Crippen molar-refractivity contribution in [2.45, 2.75) is 59.5 Å². The summed E-state index contributed by atoms with van der Waals surface area (Å²) in [4.78, 5) is 2.54. The lowest BCUT2D eigenvalue weighted by Crippen LogP contribution is -2.33. The summed E-state index contributed by atoms with van der Waals surface area (Å²) in [6.45, 7) is 11.9. The van der Waals surface area contributed by atoms with Crippen LogP contribution in [-0.2, 0) is 13.1 Å². The highest BCUT2D eigenvalue weighted by Crippen LogP contribution is 2.24. The summed E-state index contributed by atoms with van der Waals surface area (Å²) in [5.74, 6) is 3.16. The molecule has 20 heavy (non-hydrogen) atoms. The number of nitrogens with zero attached hydrogens (tertiary/aromatic N) is 1. The van der Waals surface area contributed by atoms with Crippen LogP contribution in [0.3, 0.4) is 0 Å². The molecule has 2 rings (SSSR count). The summed E-state index contributed by atoms with van der Waals surface area (Å²) in [6, 6.07) is 2.23. The topological polar surface area (TPSA) is 28.4 Å². The molecular formula is C17H30N2O. The highest BCUT2D eigenvalue weighted by atomic mass is 16.3. The van der Waals surface area contributed by atoms with Crippen LogP contribution in [0.2, 0.25) is 0 Å². The van der Waals surface area contributed by atoms with Crippen molar-refractivity contribution in [1.29, 1.82) is 0 Å². The van der Waals surface area contributed by atoms with Gasteiger partial charge in [-0.2, -0.15) is 0 Å². The number of furan rings is 1. The van der Waals surface area contributed by atoms with Crippen LogP contribution in [0.5, 0.6) is 0 Å². The average Bonchev–Trinajstić information content (AvgIpc) is 2.79. The quantitative estimate of drug-likeness (QED) is 0.824. The minimum atomic E-state index is 0.921. The van der Waals surface area contributed by atoms with Crippen LogP contribution in [0.4, 0.5) is 0 Å².